The van der Waals surface area contributed by atoms with E-state index < -0.39 is 11.7 Å². The summed E-state index contributed by atoms with van der Waals surface area (Å²) in [5, 5.41) is 3.32. The van der Waals surface area contributed by atoms with Gasteiger partial charge >= 0.3 is 0 Å². The molecule has 0 saturated heterocycles. The van der Waals surface area contributed by atoms with Gasteiger partial charge in [-0.1, -0.05) is 23.2 Å². The molecule has 1 N–H and O–H groups in total. The van der Waals surface area contributed by atoms with E-state index in [1.807, 2.05) is 0 Å². The van der Waals surface area contributed by atoms with Crippen molar-refractivity contribution < 1.29 is 19.1 Å². The summed E-state index contributed by atoms with van der Waals surface area (Å²) in [7, 11) is 2.97. The Morgan fingerprint density at radius 3 is 2.48 bits per heavy atom. The van der Waals surface area contributed by atoms with E-state index in [0.29, 0.717) is 38.4 Å². The van der Waals surface area contributed by atoms with Gasteiger partial charge in [-0.25, -0.2) is 0 Å². The molecule has 1 heterocycles. The van der Waals surface area contributed by atoms with E-state index in [2.05, 4.69) is 5.32 Å². The fourth-order valence-corrected chi connectivity index (χ4v) is 3.04. The van der Waals surface area contributed by atoms with Gasteiger partial charge in [0.1, 0.15) is 11.5 Å². The van der Waals surface area contributed by atoms with Crippen molar-refractivity contribution in [2.24, 2.45) is 0 Å². The second-order valence-corrected chi connectivity index (χ2v) is 6.04. The number of halogens is 2. The van der Waals surface area contributed by atoms with Crippen LogP contribution < -0.4 is 14.8 Å². The van der Waals surface area contributed by atoms with Gasteiger partial charge in [0.2, 0.25) is 0 Å². The number of amides is 1. The minimum Gasteiger partial charge on any atom is -0.497 e. The highest BCUT2D eigenvalue weighted by Gasteiger charge is 2.29. The Bertz CT molecular complexity index is 922. The lowest BCUT2D eigenvalue weighted by atomic mass is 10.0. The average molecular weight is 378 g/mol. The van der Waals surface area contributed by atoms with Crippen LogP contribution in [0.1, 0.15) is 15.9 Å². The monoisotopic (exact) mass is 377 g/mol. The predicted molar refractivity (Wildman–Crippen MR) is 96.9 cm³/mol. The van der Waals surface area contributed by atoms with E-state index in [1.54, 1.807) is 30.3 Å². The molecular weight excluding hydrogens is 365 g/mol. The number of nitrogens with one attached hydrogen (secondary N) is 1. The molecular formula is C18H13Cl2NO4. The first-order valence-corrected chi connectivity index (χ1v) is 7.99. The molecule has 0 bridgehead atoms. The molecule has 0 aromatic heterocycles. The molecule has 0 saturated carbocycles. The molecule has 5 nitrogen and oxygen atoms in total. The minimum absolute atomic E-state index is 0.158. The molecule has 1 aliphatic rings. The lowest BCUT2D eigenvalue weighted by Crippen LogP contribution is -2.07. The maximum Gasteiger partial charge on any atom is 0.256 e. The van der Waals surface area contributed by atoms with Crippen LogP contribution in [0, 0.1) is 0 Å². The number of anilines is 1. The molecule has 3 rings (SSSR count). The Morgan fingerprint density at radius 1 is 1.08 bits per heavy atom. The maximum atomic E-state index is 12.7. The van der Waals surface area contributed by atoms with Crippen molar-refractivity contribution >= 4 is 46.2 Å². The zero-order valence-electron chi connectivity index (χ0n) is 13.4. The van der Waals surface area contributed by atoms with Gasteiger partial charge in [-0.05, 0) is 30.3 Å². The molecule has 0 spiro atoms. The summed E-state index contributed by atoms with van der Waals surface area (Å²) in [6.07, 6.45) is 1.23. The zero-order valence-corrected chi connectivity index (χ0v) is 14.9. The van der Waals surface area contributed by atoms with E-state index >= 15 is 0 Å². The average Bonchev–Trinajstić information content (AvgIpc) is 2.95. The molecule has 0 radical (unpaired) electrons. The number of hydrogen-bond donors (Lipinski definition) is 1. The number of ketones is 1. The Balaban J connectivity index is 2.07. The summed E-state index contributed by atoms with van der Waals surface area (Å²) in [6, 6.07) is 7.97. The van der Waals surface area contributed by atoms with Gasteiger partial charge in [0.25, 0.3) is 5.91 Å². The van der Waals surface area contributed by atoms with Crippen molar-refractivity contribution in [2.75, 3.05) is 19.5 Å². The van der Waals surface area contributed by atoms with Crippen LogP contribution in [0.3, 0.4) is 0 Å². The van der Waals surface area contributed by atoms with Crippen LogP contribution in [0.25, 0.3) is 5.57 Å². The van der Waals surface area contributed by atoms with Gasteiger partial charge in [0, 0.05) is 11.6 Å². The van der Waals surface area contributed by atoms with E-state index in [4.69, 9.17) is 32.7 Å². The first-order chi connectivity index (χ1) is 12.0. The summed E-state index contributed by atoms with van der Waals surface area (Å²) in [5.41, 5.74) is 1.28. The minimum atomic E-state index is -0.439. The number of rotatable bonds is 4. The highest BCUT2D eigenvalue weighted by atomic mass is 35.5. The standard InChI is InChI=1S/C18H13Cl2NO4/c1-24-9-3-4-10(15(7-9)25-2)14(22)8-11-16-12(19)5-6-13(20)17(16)21-18(11)23/h3-8H,1-2H3,(H,21,23). The number of carbonyl (C=O) groups excluding carboxylic acids is 2. The third kappa shape index (κ3) is 3.08. The lowest BCUT2D eigenvalue weighted by Gasteiger charge is -2.08. The number of methoxy groups -OCH3 is 2. The Hall–Kier alpha value is -2.50. The van der Waals surface area contributed by atoms with Gasteiger partial charge < -0.3 is 14.8 Å². The molecule has 0 unspecified atom stereocenters. The summed E-state index contributed by atoms with van der Waals surface area (Å²) in [5.74, 6) is 0.0660. The molecule has 7 heteroatoms. The molecule has 0 atom stereocenters. The highest BCUT2D eigenvalue weighted by Crippen LogP contribution is 2.42. The molecule has 1 aliphatic heterocycles. The third-order valence-corrected chi connectivity index (χ3v) is 4.44. The van der Waals surface area contributed by atoms with E-state index in [0.717, 1.165) is 0 Å². The fraction of sp³-hybridized carbons (Fsp3) is 0.111. The zero-order chi connectivity index (χ0) is 18.1. The van der Waals surface area contributed by atoms with Crippen LogP contribution in [-0.4, -0.2) is 25.9 Å². The summed E-state index contributed by atoms with van der Waals surface area (Å²) in [4.78, 5) is 24.9. The summed E-state index contributed by atoms with van der Waals surface area (Å²) in [6.45, 7) is 0. The first-order valence-electron chi connectivity index (χ1n) is 7.24. The quantitative estimate of drug-likeness (QED) is 0.639. The van der Waals surface area contributed by atoms with Gasteiger partial charge in [-0.15, -0.1) is 0 Å². The van der Waals surface area contributed by atoms with Crippen LogP contribution in [0.2, 0.25) is 10.0 Å². The van der Waals surface area contributed by atoms with Gasteiger partial charge in [0.05, 0.1) is 41.1 Å². The predicted octanol–water partition coefficient (Wildman–Crippen LogP) is 4.23. The smallest absolute Gasteiger partial charge is 0.256 e. The molecule has 0 fully saturated rings. The van der Waals surface area contributed by atoms with Crippen molar-refractivity contribution in [1.29, 1.82) is 0 Å². The number of carbonyl (C=O) groups is 2. The van der Waals surface area contributed by atoms with E-state index in [1.165, 1.54) is 20.3 Å². The van der Waals surface area contributed by atoms with Gasteiger partial charge in [-0.2, -0.15) is 0 Å². The van der Waals surface area contributed by atoms with Gasteiger partial charge in [-0.3, -0.25) is 9.59 Å². The molecule has 25 heavy (non-hydrogen) atoms. The maximum absolute atomic E-state index is 12.7. The lowest BCUT2D eigenvalue weighted by molar-refractivity contribution is -0.110. The van der Waals surface area contributed by atoms with Crippen LogP contribution in [0.15, 0.2) is 36.4 Å². The first kappa shape index (κ1) is 17.3. The molecule has 2 aromatic rings. The summed E-state index contributed by atoms with van der Waals surface area (Å²) < 4.78 is 10.3. The Kier molecular flexibility index (Phi) is 4.70. The van der Waals surface area contributed by atoms with Crippen molar-refractivity contribution in [3.8, 4) is 11.5 Å². The number of fused-ring (bicyclic) bond motifs is 1. The Morgan fingerprint density at radius 2 is 1.80 bits per heavy atom. The van der Waals surface area contributed by atoms with Crippen molar-refractivity contribution in [1.82, 2.24) is 0 Å². The van der Waals surface area contributed by atoms with Crippen LogP contribution >= 0.6 is 23.2 Å². The van der Waals surface area contributed by atoms with Crippen molar-refractivity contribution in [3.63, 3.8) is 0 Å². The number of ether oxygens (including phenoxy) is 2. The van der Waals surface area contributed by atoms with Crippen molar-refractivity contribution in [2.45, 2.75) is 0 Å². The van der Waals surface area contributed by atoms with Crippen LogP contribution in [0.4, 0.5) is 5.69 Å². The molecule has 0 aliphatic carbocycles. The number of hydrogen-bond acceptors (Lipinski definition) is 4. The second-order valence-electron chi connectivity index (χ2n) is 5.22. The van der Waals surface area contributed by atoms with Crippen LogP contribution in [-0.2, 0) is 4.79 Å². The number of allylic oxidation sites excluding steroid dienone is 1. The molecule has 128 valence electrons. The third-order valence-electron chi connectivity index (χ3n) is 3.81. The van der Waals surface area contributed by atoms with Crippen molar-refractivity contribution in [3.05, 3.63) is 57.6 Å². The Labute approximate surface area is 154 Å². The largest absolute Gasteiger partial charge is 0.497 e. The normalized spacial score (nSPS) is 14.2. The topological polar surface area (TPSA) is 64.6 Å². The number of benzene rings is 2. The van der Waals surface area contributed by atoms with Gasteiger partial charge in [0.15, 0.2) is 5.78 Å². The van der Waals surface area contributed by atoms with E-state index in [9.17, 15) is 9.59 Å². The highest BCUT2D eigenvalue weighted by molar-refractivity contribution is 6.45. The van der Waals surface area contributed by atoms with Crippen LogP contribution in [0.5, 0.6) is 11.5 Å². The summed E-state index contributed by atoms with van der Waals surface area (Å²) >= 11 is 12.3. The molecule has 1 amide bonds. The van der Waals surface area contributed by atoms with E-state index in [-0.39, 0.29) is 5.57 Å². The second kappa shape index (κ2) is 6.78. The molecule has 2 aromatic carbocycles. The SMILES string of the molecule is COc1ccc(C(=O)C=C2C(=O)Nc3c(Cl)ccc(Cl)c32)c(OC)c1. The fourth-order valence-electron chi connectivity index (χ4n) is 2.58.